The average Bonchev–Trinajstić information content (AvgIpc) is 2.80. The molecular weight excluding hydrogens is 298 g/mol. The molecular formula is C13H15ClN3O2S+. The van der Waals surface area contributed by atoms with Crippen LogP contribution in [0, 0.1) is 0 Å². The van der Waals surface area contributed by atoms with E-state index in [1.165, 1.54) is 16.2 Å². The zero-order valence-electron chi connectivity index (χ0n) is 10.8. The Hall–Kier alpha value is -1.21. The fourth-order valence-corrected chi connectivity index (χ4v) is 3.34. The van der Waals surface area contributed by atoms with E-state index in [4.69, 9.17) is 16.3 Å². The SMILES string of the molecule is O=C(C[NH+]1CCOCC1)Nc1nc2ccc(Cl)cc2s1. The molecule has 3 rings (SSSR count). The van der Waals surface area contributed by atoms with Crippen molar-refractivity contribution in [2.24, 2.45) is 0 Å². The van der Waals surface area contributed by atoms with Crippen molar-refractivity contribution in [1.82, 2.24) is 4.98 Å². The number of carbonyl (C=O) groups is 1. The van der Waals surface area contributed by atoms with Gasteiger partial charge >= 0.3 is 0 Å². The first-order valence-corrected chi connectivity index (χ1v) is 7.67. The Kier molecular flexibility index (Phi) is 4.16. The minimum atomic E-state index is -0.00736. The lowest BCUT2D eigenvalue weighted by Gasteiger charge is -2.22. The van der Waals surface area contributed by atoms with Crippen molar-refractivity contribution in [1.29, 1.82) is 0 Å². The summed E-state index contributed by atoms with van der Waals surface area (Å²) >= 11 is 7.38. The van der Waals surface area contributed by atoms with Crippen LogP contribution in [0.1, 0.15) is 0 Å². The summed E-state index contributed by atoms with van der Waals surface area (Å²) in [5.74, 6) is -0.00736. The predicted molar refractivity (Wildman–Crippen MR) is 79.6 cm³/mol. The van der Waals surface area contributed by atoms with Crippen LogP contribution in [-0.2, 0) is 9.53 Å². The molecule has 0 spiro atoms. The molecule has 0 atom stereocenters. The summed E-state index contributed by atoms with van der Waals surface area (Å²) in [6.45, 7) is 3.66. The van der Waals surface area contributed by atoms with E-state index in [1.54, 1.807) is 6.07 Å². The van der Waals surface area contributed by atoms with Crippen molar-refractivity contribution in [2.45, 2.75) is 0 Å². The number of quaternary nitrogens is 1. The second-order valence-corrected chi connectivity index (χ2v) is 6.19. The van der Waals surface area contributed by atoms with Crippen LogP contribution in [0.4, 0.5) is 5.13 Å². The Labute approximate surface area is 125 Å². The van der Waals surface area contributed by atoms with Gasteiger partial charge in [0.05, 0.1) is 23.4 Å². The van der Waals surface area contributed by atoms with Crippen LogP contribution in [0.5, 0.6) is 0 Å². The van der Waals surface area contributed by atoms with Crippen molar-refractivity contribution in [3.05, 3.63) is 23.2 Å². The number of morpholine rings is 1. The van der Waals surface area contributed by atoms with Crippen LogP contribution in [0.3, 0.4) is 0 Å². The minimum Gasteiger partial charge on any atom is -0.370 e. The number of hydrogen-bond donors (Lipinski definition) is 2. The molecule has 2 N–H and O–H groups in total. The third-order valence-corrected chi connectivity index (χ3v) is 4.38. The van der Waals surface area contributed by atoms with Gasteiger partial charge in [0.25, 0.3) is 5.91 Å². The summed E-state index contributed by atoms with van der Waals surface area (Å²) < 4.78 is 6.25. The van der Waals surface area contributed by atoms with E-state index in [1.807, 2.05) is 12.1 Å². The number of hydrogen-bond acceptors (Lipinski definition) is 4. The first-order valence-electron chi connectivity index (χ1n) is 6.48. The van der Waals surface area contributed by atoms with Crippen LogP contribution in [0.2, 0.25) is 5.02 Å². The lowest BCUT2D eigenvalue weighted by atomic mass is 10.3. The lowest BCUT2D eigenvalue weighted by Crippen LogP contribution is -3.15. The first-order chi connectivity index (χ1) is 9.70. The van der Waals surface area contributed by atoms with E-state index in [2.05, 4.69) is 10.3 Å². The van der Waals surface area contributed by atoms with Crippen molar-refractivity contribution >= 4 is 44.2 Å². The Balaban J connectivity index is 1.64. The summed E-state index contributed by atoms with van der Waals surface area (Å²) in [4.78, 5) is 17.6. The van der Waals surface area contributed by atoms with Gasteiger partial charge in [-0.15, -0.1) is 0 Å². The van der Waals surface area contributed by atoms with Gasteiger partial charge in [0, 0.05) is 5.02 Å². The van der Waals surface area contributed by atoms with Gasteiger partial charge < -0.3 is 9.64 Å². The van der Waals surface area contributed by atoms with Gasteiger partial charge in [-0.25, -0.2) is 4.98 Å². The molecule has 0 aliphatic carbocycles. The zero-order valence-corrected chi connectivity index (χ0v) is 12.4. The lowest BCUT2D eigenvalue weighted by molar-refractivity contribution is -0.899. The molecule has 106 valence electrons. The van der Waals surface area contributed by atoms with Gasteiger partial charge in [-0.3, -0.25) is 10.1 Å². The Morgan fingerprint density at radius 2 is 2.25 bits per heavy atom. The van der Waals surface area contributed by atoms with E-state index in [9.17, 15) is 4.79 Å². The van der Waals surface area contributed by atoms with Gasteiger partial charge in [0.15, 0.2) is 11.7 Å². The zero-order chi connectivity index (χ0) is 13.9. The van der Waals surface area contributed by atoms with E-state index in [0.29, 0.717) is 16.7 Å². The highest BCUT2D eigenvalue weighted by atomic mass is 35.5. The second-order valence-electron chi connectivity index (χ2n) is 4.72. The molecule has 2 aromatic rings. The van der Waals surface area contributed by atoms with Crippen molar-refractivity contribution in [2.75, 3.05) is 38.2 Å². The number of aromatic nitrogens is 1. The van der Waals surface area contributed by atoms with E-state index in [-0.39, 0.29) is 5.91 Å². The molecule has 1 aromatic heterocycles. The number of carbonyl (C=O) groups excluding carboxylic acids is 1. The van der Waals surface area contributed by atoms with Gasteiger partial charge in [0.2, 0.25) is 0 Å². The molecule has 1 aliphatic heterocycles. The van der Waals surface area contributed by atoms with Crippen LogP contribution in [0.15, 0.2) is 18.2 Å². The first kappa shape index (κ1) is 13.8. The molecule has 1 amide bonds. The molecule has 0 bridgehead atoms. The van der Waals surface area contributed by atoms with Crippen LogP contribution < -0.4 is 10.2 Å². The maximum Gasteiger partial charge on any atom is 0.281 e. The molecule has 5 nitrogen and oxygen atoms in total. The predicted octanol–water partition coefficient (Wildman–Crippen LogP) is 0.803. The normalized spacial score (nSPS) is 16.4. The van der Waals surface area contributed by atoms with Crippen LogP contribution in [-0.4, -0.2) is 43.7 Å². The van der Waals surface area contributed by atoms with Gasteiger partial charge in [-0.05, 0) is 18.2 Å². The fraction of sp³-hybridized carbons (Fsp3) is 0.385. The third-order valence-electron chi connectivity index (χ3n) is 3.21. The van der Waals surface area contributed by atoms with E-state index >= 15 is 0 Å². The topological polar surface area (TPSA) is 55.7 Å². The second kappa shape index (κ2) is 6.05. The highest BCUT2D eigenvalue weighted by Gasteiger charge is 2.18. The van der Waals surface area contributed by atoms with Crippen LogP contribution in [0.25, 0.3) is 10.2 Å². The van der Waals surface area contributed by atoms with E-state index < -0.39 is 0 Å². The number of fused-ring (bicyclic) bond motifs is 1. The van der Waals surface area contributed by atoms with Gasteiger partial charge in [-0.2, -0.15) is 0 Å². The molecule has 1 fully saturated rings. The molecule has 1 aliphatic rings. The largest absolute Gasteiger partial charge is 0.370 e. The number of nitrogens with one attached hydrogen (secondary N) is 2. The number of benzene rings is 1. The summed E-state index contributed by atoms with van der Waals surface area (Å²) in [5, 5.41) is 4.16. The van der Waals surface area contributed by atoms with Crippen molar-refractivity contribution in [3.8, 4) is 0 Å². The molecule has 20 heavy (non-hydrogen) atoms. The number of nitrogens with zero attached hydrogens (tertiary/aromatic N) is 1. The monoisotopic (exact) mass is 312 g/mol. The quantitative estimate of drug-likeness (QED) is 0.881. The smallest absolute Gasteiger partial charge is 0.281 e. The molecule has 0 unspecified atom stereocenters. The Morgan fingerprint density at radius 1 is 1.45 bits per heavy atom. The third kappa shape index (κ3) is 3.27. The number of rotatable bonds is 3. The molecule has 7 heteroatoms. The summed E-state index contributed by atoms with van der Waals surface area (Å²) in [5.41, 5.74) is 0.855. The van der Waals surface area contributed by atoms with Gasteiger partial charge in [-0.1, -0.05) is 22.9 Å². The van der Waals surface area contributed by atoms with Gasteiger partial charge in [0.1, 0.15) is 13.1 Å². The van der Waals surface area contributed by atoms with Crippen LogP contribution >= 0.6 is 22.9 Å². The molecule has 2 heterocycles. The number of thiazole rings is 1. The highest BCUT2D eigenvalue weighted by molar-refractivity contribution is 7.22. The maximum absolute atomic E-state index is 12.0. The molecule has 1 saturated heterocycles. The Bertz CT molecular complexity index is 625. The Morgan fingerprint density at radius 3 is 3.05 bits per heavy atom. The van der Waals surface area contributed by atoms with E-state index in [0.717, 1.165) is 36.5 Å². The fourth-order valence-electron chi connectivity index (χ4n) is 2.18. The number of amides is 1. The summed E-state index contributed by atoms with van der Waals surface area (Å²) in [7, 11) is 0. The highest BCUT2D eigenvalue weighted by Crippen LogP contribution is 2.28. The standard InChI is InChI=1S/C13H14ClN3O2S/c14-9-1-2-10-11(7-9)20-13(15-10)16-12(18)8-17-3-5-19-6-4-17/h1-2,7H,3-6,8H2,(H,15,16,18)/p+1. The minimum absolute atomic E-state index is 0.00736. The summed E-state index contributed by atoms with van der Waals surface area (Å²) in [6.07, 6.45) is 0. The van der Waals surface area contributed by atoms with Crippen molar-refractivity contribution in [3.63, 3.8) is 0 Å². The number of anilines is 1. The summed E-state index contributed by atoms with van der Waals surface area (Å²) in [6, 6.07) is 5.52. The molecule has 1 aromatic carbocycles. The molecule has 0 radical (unpaired) electrons. The number of halogens is 1. The average molecular weight is 313 g/mol. The number of ether oxygens (including phenoxy) is 1. The maximum atomic E-state index is 12.0. The molecule has 0 saturated carbocycles. The van der Waals surface area contributed by atoms with Crippen molar-refractivity contribution < 1.29 is 14.4 Å².